The molecule has 0 spiro atoms. The zero-order valence-corrected chi connectivity index (χ0v) is 23.9. The molecular formula is C39H29N3O. The molecule has 4 heteroatoms. The molecule has 0 saturated carbocycles. The highest BCUT2D eigenvalue weighted by Gasteiger charge is 2.29. The molecule has 0 N–H and O–H groups in total. The monoisotopic (exact) mass is 555 g/mol. The molecule has 206 valence electrons. The second-order valence-corrected chi connectivity index (χ2v) is 11.9. The molecule has 1 amide bonds. The third kappa shape index (κ3) is 3.53. The Morgan fingerprint density at radius 3 is 2.14 bits per heavy atom. The van der Waals surface area contributed by atoms with E-state index in [1.807, 2.05) is 35.2 Å². The summed E-state index contributed by atoms with van der Waals surface area (Å²) in [7, 11) is 0. The number of nitrogens with zero attached hydrogens (tertiary/aromatic N) is 3. The van der Waals surface area contributed by atoms with Crippen LogP contribution in [0.4, 0.5) is 5.69 Å². The molecular weight excluding hydrogens is 526 g/mol. The molecule has 7 aromatic rings. The van der Waals surface area contributed by atoms with Crippen molar-refractivity contribution in [3.8, 4) is 11.4 Å². The number of allylic oxidation sites excluding steroid dienone is 1. The summed E-state index contributed by atoms with van der Waals surface area (Å²) in [5, 5.41) is 3.74. The van der Waals surface area contributed by atoms with Crippen LogP contribution in [0.5, 0.6) is 0 Å². The summed E-state index contributed by atoms with van der Waals surface area (Å²) in [5.74, 6) is 0.587. The Morgan fingerprint density at radius 2 is 1.30 bits per heavy atom. The maximum atomic E-state index is 13.6. The van der Waals surface area contributed by atoms with E-state index >= 15 is 0 Å². The first-order chi connectivity index (χ1) is 21.2. The third-order valence-electron chi connectivity index (χ3n) is 9.27. The molecule has 0 bridgehead atoms. The fourth-order valence-corrected chi connectivity index (χ4v) is 7.26. The minimum atomic E-state index is 0.0535. The van der Waals surface area contributed by atoms with Crippen LogP contribution in [0.3, 0.4) is 0 Å². The number of fused-ring (bicyclic) bond motifs is 7. The molecule has 3 heterocycles. The highest BCUT2D eigenvalue weighted by atomic mass is 16.2. The summed E-state index contributed by atoms with van der Waals surface area (Å²) in [6, 6.07) is 40.5. The van der Waals surface area contributed by atoms with Crippen LogP contribution in [0.1, 0.15) is 34.1 Å². The Morgan fingerprint density at radius 1 is 0.628 bits per heavy atom. The zero-order valence-electron chi connectivity index (χ0n) is 23.9. The zero-order chi connectivity index (χ0) is 28.7. The number of amides is 1. The third-order valence-corrected chi connectivity index (χ3v) is 9.27. The molecule has 5 aromatic carbocycles. The van der Waals surface area contributed by atoms with Crippen molar-refractivity contribution in [3.63, 3.8) is 0 Å². The van der Waals surface area contributed by atoms with Gasteiger partial charge >= 0.3 is 0 Å². The minimum absolute atomic E-state index is 0.0535. The number of carbonyl (C=O) groups is 1. The number of benzene rings is 5. The molecule has 9 rings (SSSR count). The second kappa shape index (κ2) is 9.07. The van der Waals surface area contributed by atoms with Crippen molar-refractivity contribution in [2.75, 3.05) is 4.90 Å². The molecule has 0 fully saturated rings. The normalized spacial score (nSPS) is 16.0. The maximum absolute atomic E-state index is 13.6. The van der Waals surface area contributed by atoms with E-state index in [0.29, 0.717) is 12.5 Å². The van der Waals surface area contributed by atoms with E-state index in [9.17, 15) is 4.79 Å². The Labute approximate surface area is 249 Å². The predicted molar refractivity (Wildman–Crippen MR) is 176 cm³/mol. The van der Waals surface area contributed by atoms with Gasteiger partial charge in [-0.3, -0.25) is 4.79 Å². The molecule has 4 nitrogen and oxygen atoms in total. The average Bonchev–Trinajstić information content (AvgIpc) is 3.68. The molecule has 1 aliphatic heterocycles. The molecule has 43 heavy (non-hydrogen) atoms. The van der Waals surface area contributed by atoms with Crippen molar-refractivity contribution >= 4 is 50.4 Å². The lowest BCUT2D eigenvalue weighted by molar-refractivity contribution is 0.0996. The molecule has 1 atom stereocenters. The van der Waals surface area contributed by atoms with Crippen LogP contribution < -0.4 is 4.90 Å². The van der Waals surface area contributed by atoms with Gasteiger partial charge in [-0.1, -0.05) is 73.7 Å². The summed E-state index contributed by atoms with van der Waals surface area (Å²) in [6.45, 7) is 2.88. The summed E-state index contributed by atoms with van der Waals surface area (Å²) < 4.78 is 4.73. The Balaban J connectivity index is 1.22. The SMILES string of the molecule is CC1C=Cc2c(c3ccccc3n2-c2ccc3c(c2)c2ccccc2n3-c2ccc3c(c2)C(=O)N(c2ccccc2)C3)C1. The predicted octanol–water partition coefficient (Wildman–Crippen LogP) is 9.09. The summed E-state index contributed by atoms with van der Waals surface area (Å²) >= 11 is 0. The fraction of sp³-hybridized carbons (Fsp3) is 0.103. The van der Waals surface area contributed by atoms with Crippen molar-refractivity contribution in [1.29, 1.82) is 0 Å². The van der Waals surface area contributed by atoms with Crippen molar-refractivity contribution in [1.82, 2.24) is 9.13 Å². The average molecular weight is 556 g/mol. The lowest BCUT2D eigenvalue weighted by Crippen LogP contribution is -2.22. The van der Waals surface area contributed by atoms with Crippen LogP contribution in [-0.2, 0) is 13.0 Å². The molecule has 0 saturated heterocycles. The van der Waals surface area contributed by atoms with Gasteiger partial charge in [0.15, 0.2) is 0 Å². The largest absolute Gasteiger partial charge is 0.310 e. The van der Waals surface area contributed by atoms with E-state index < -0.39 is 0 Å². The number of anilines is 1. The first-order valence-electron chi connectivity index (χ1n) is 15.0. The summed E-state index contributed by atoms with van der Waals surface area (Å²) in [5.41, 5.74) is 11.1. The highest BCUT2D eigenvalue weighted by Crippen LogP contribution is 2.39. The maximum Gasteiger partial charge on any atom is 0.259 e. The smallest absolute Gasteiger partial charge is 0.259 e. The van der Waals surface area contributed by atoms with Crippen molar-refractivity contribution in [3.05, 3.63) is 144 Å². The van der Waals surface area contributed by atoms with Crippen LogP contribution in [0.25, 0.3) is 50.2 Å². The molecule has 2 aromatic heterocycles. The first-order valence-corrected chi connectivity index (χ1v) is 15.0. The number of rotatable bonds is 3. The van der Waals surface area contributed by atoms with Crippen LogP contribution in [0.2, 0.25) is 0 Å². The summed E-state index contributed by atoms with van der Waals surface area (Å²) in [6.07, 6.45) is 5.69. The lowest BCUT2D eigenvalue weighted by atomic mass is 9.93. The van der Waals surface area contributed by atoms with Gasteiger partial charge in [0.2, 0.25) is 0 Å². The molecule has 1 aliphatic carbocycles. The van der Waals surface area contributed by atoms with Gasteiger partial charge in [0.1, 0.15) is 0 Å². The fourth-order valence-electron chi connectivity index (χ4n) is 7.26. The topological polar surface area (TPSA) is 30.2 Å². The minimum Gasteiger partial charge on any atom is -0.310 e. The van der Waals surface area contributed by atoms with Crippen molar-refractivity contribution in [2.24, 2.45) is 5.92 Å². The van der Waals surface area contributed by atoms with Gasteiger partial charge in [0.05, 0.1) is 23.1 Å². The van der Waals surface area contributed by atoms with Crippen molar-refractivity contribution in [2.45, 2.75) is 19.9 Å². The molecule has 1 unspecified atom stereocenters. The number of hydrogen-bond acceptors (Lipinski definition) is 1. The van der Waals surface area contributed by atoms with E-state index in [1.54, 1.807) is 0 Å². The number of carbonyl (C=O) groups excluding carboxylic acids is 1. The second-order valence-electron chi connectivity index (χ2n) is 11.9. The Kier molecular flexibility index (Phi) is 5.12. The standard InChI is InChI=1S/C39H29N3O/c1-25-15-19-37-33(21-25)30-11-5-7-13-35(30)42(37)29-18-20-38-34(23-29)31-12-6-8-14-36(31)41(38)28-17-16-26-24-40(39(43)32(26)22-28)27-9-3-2-4-10-27/h2-20,22-23,25H,21,24H2,1H3. The molecule has 0 radical (unpaired) electrons. The van der Waals surface area contributed by atoms with Gasteiger partial charge in [0.25, 0.3) is 5.91 Å². The van der Waals surface area contributed by atoms with Gasteiger partial charge in [-0.15, -0.1) is 0 Å². The van der Waals surface area contributed by atoms with Crippen molar-refractivity contribution < 1.29 is 4.79 Å². The number of para-hydroxylation sites is 3. The van der Waals surface area contributed by atoms with Gasteiger partial charge < -0.3 is 14.0 Å². The first kappa shape index (κ1) is 24.3. The van der Waals surface area contributed by atoms with Gasteiger partial charge in [0, 0.05) is 44.5 Å². The van der Waals surface area contributed by atoms with E-state index in [-0.39, 0.29) is 5.91 Å². The highest BCUT2D eigenvalue weighted by molar-refractivity contribution is 6.12. The van der Waals surface area contributed by atoms with Crippen LogP contribution in [0.15, 0.2) is 121 Å². The van der Waals surface area contributed by atoms with Gasteiger partial charge in [-0.25, -0.2) is 0 Å². The van der Waals surface area contributed by atoms with Gasteiger partial charge in [-0.2, -0.15) is 0 Å². The van der Waals surface area contributed by atoms with Crippen LogP contribution in [-0.4, -0.2) is 15.0 Å². The van der Waals surface area contributed by atoms with E-state index in [1.165, 1.54) is 32.9 Å². The Hall–Kier alpha value is -5.35. The number of aromatic nitrogens is 2. The number of hydrogen-bond donors (Lipinski definition) is 0. The summed E-state index contributed by atoms with van der Waals surface area (Å²) in [4.78, 5) is 15.4. The quantitative estimate of drug-likeness (QED) is 0.214. The van der Waals surface area contributed by atoms with E-state index in [2.05, 4.69) is 113 Å². The Bertz CT molecular complexity index is 2290. The van der Waals surface area contributed by atoms with Gasteiger partial charge in [-0.05, 0) is 84.1 Å². The lowest BCUT2D eigenvalue weighted by Gasteiger charge is -2.16. The van der Waals surface area contributed by atoms with E-state index in [0.717, 1.165) is 45.6 Å². The van der Waals surface area contributed by atoms with Crippen LogP contribution >= 0.6 is 0 Å². The van der Waals surface area contributed by atoms with Crippen LogP contribution in [0, 0.1) is 5.92 Å². The van der Waals surface area contributed by atoms with E-state index in [4.69, 9.17) is 0 Å². The molecule has 2 aliphatic rings.